The molecule has 204 valence electrons. The predicted octanol–water partition coefficient (Wildman–Crippen LogP) is 3.38. The Kier molecular flexibility index (Phi) is 7.99. The second-order valence-corrected chi connectivity index (χ2v) is 11.9. The zero-order chi connectivity index (χ0) is 28.5. The van der Waals surface area contributed by atoms with Gasteiger partial charge in [0.05, 0.1) is 15.5 Å². The summed E-state index contributed by atoms with van der Waals surface area (Å²) in [7, 11) is -3.48. The topological polar surface area (TPSA) is 141 Å². The number of carboxylic acid groups (broad SMARTS) is 1. The maximum Gasteiger partial charge on any atom is 0.326 e. The molecule has 1 aliphatic heterocycles. The van der Waals surface area contributed by atoms with Crippen molar-refractivity contribution in [3.8, 4) is 5.75 Å². The van der Waals surface area contributed by atoms with Gasteiger partial charge in [-0.05, 0) is 72.0 Å². The zero-order valence-electron chi connectivity index (χ0n) is 21.3. The number of hydrogen-bond donors (Lipinski definition) is 3. The van der Waals surface area contributed by atoms with E-state index in [0.717, 1.165) is 17.4 Å². The number of fused-ring (bicyclic) bond motifs is 1. The number of nitrogens with zero attached hydrogens (tertiary/aromatic N) is 1. The van der Waals surface area contributed by atoms with Crippen LogP contribution in [-0.4, -0.2) is 60.2 Å². The van der Waals surface area contributed by atoms with Crippen LogP contribution >= 0.6 is 11.6 Å². The van der Waals surface area contributed by atoms with Crippen molar-refractivity contribution in [3.63, 3.8) is 0 Å². The third-order valence-electron chi connectivity index (χ3n) is 6.73. The van der Waals surface area contributed by atoms with E-state index in [1.165, 1.54) is 30.3 Å². The first-order valence-corrected chi connectivity index (χ1v) is 14.3. The Morgan fingerprint density at radius 1 is 1.10 bits per heavy atom. The number of hydrogen-bond acceptors (Lipinski definition) is 6. The van der Waals surface area contributed by atoms with E-state index < -0.39 is 27.8 Å². The molecular weight excluding hydrogens is 544 g/mol. The lowest BCUT2D eigenvalue weighted by Gasteiger charge is -2.31. The van der Waals surface area contributed by atoms with Crippen LogP contribution in [0.15, 0.2) is 59.5 Å². The number of aromatic hydroxyl groups is 1. The summed E-state index contributed by atoms with van der Waals surface area (Å²) < 4.78 is 23.7. The third kappa shape index (κ3) is 6.23. The number of sulfone groups is 1. The first-order chi connectivity index (χ1) is 18.3. The number of phenolic OH excluding ortho intramolecular Hbond substituents is 1. The minimum Gasteiger partial charge on any atom is -0.508 e. The first kappa shape index (κ1) is 28.1. The highest BCUT2D eigenvalue weighted by molar-refractivity contribution is 7.90. The number of carbonyl (C=O) groups is 3. The van der Waals surface area contributed by atoms with Crippen LogP contribution in [-0.2, 0) is 34.0 Å². The summed E-state index contributed by atoms with van der Waals surface area (Å²) in [5.74, 6) is -2.18. The molecule has 1 atom stereocenters. The number of aliphatic carboxylic acids is 1. The highest BCUT2D eigenvalue weighted by Gasteiger charge is 2.29. The van der Waals surface area contributed by atoms with Gasteiger partial charge in [0.2, 0.25) is 0 Å². The molecule has 3 aromatic rings. The van der Waals surface area contributed by atoms with Crippen LogP contribution in [0.4, 0.5) is 0 Å². The summed E-state index contributed by atoms with van der Waals surface area (Å²) in [6.45, 7) is 2.39. The Bertz CT molecular complexity index is 1590. The van der Waals surface area contributed by atoms with E-state index in [1.807, 2.05) is 0 Å². The quantitative estimate of drug-likeness (QED) is 0.395. The van der Waals surface area contributed by atoms with Crippen molar-refractivity contribution in [1.29, 1.82) is 0 Å². The molecule has 3 N–H and O–H groups in total. The van der Waals surface area contributed by atoms with Crippen LogP contribution in [0, 0.1) is 6.92 Å². The second-order valence-electron chi connectivity index (χ2n) is 9.51. The van der Waals surface area contributed by atoms with Crippen molar-refractivity contribution >= 4 is 39.2 Å². The molecule has 0 aromatic heterocycles. The molecule has 11 heteroatoms. The normalized spacial score (nSPS) is 13.9. The molecule has 0 aliphatic carbocycles. The predicted molar refractivity (Wildman–Crippen MR) is 145 cm³/mol. The molecule has 0 fully saturated rings. The Morgan fingerprint density at radius 2 is 1.82 bits per heavy atom. The van der Waals surface area contributed by atoms with Gasteiger partial charge in [-0.25, -0.2) is 13.2 Å². The largest absolute Gasteiger partial charge is 0.508 e. The lowest BCUT2D eigenvalue weighted by molar-refractivity contribution is -0.139. The molecule has 0 saturated carbocycles. The minimum atomic E-state index is -3.48. The highest BCUT2D eigenvalue weighted by atomic mass is 35.5. The number of phenols is 1. The van der Waals surface area contributed by atoms with Crippen molar-refractivity contribution in [2.24, 2.45) is 0 Å². The monoisotopic (exact) mass is 570 g/mol. The average Bonchev–Trinajstić information content (AvgIpc) is 2.87. The van der Waals surface area contributed by atoms with Crippen molar-refractivity contribution in [2.45, 2.75) is 37.2 Å². The number of carboxylic acids is 1. The third-order valence-corrected chi connectivity index (χ3v) is 8.13. The summed E-state index contributed by atoms with van der Waals surface area (Å²) in [4.78, 5) is 39.9. The number of carbonyl (C=O) groups excluding carboxylic acids is 2. The molecule has 3 aromatic carbocycles. The number of nitrogens with one attached hydrogen (secondary N) is 1. The van der Waals surface area contributed by atoms with E-state index >= 15 is 0 Å². The minimum absolute atomic E-state index is 0.00410. The smallest absolute Gasteiger partial charge is 0.326 e. The van der Waals surface area contributed by atoms with Gasteiger partial charge in [0, 0.05) is 31.3 Å². The fourth-order valence-electron chi connectivity index (χ4n) is 4.75. The SMILES string of the molecule is Cc1c2c(cc(Cl)c1C(=O)N[C@@H](Cc1cccc(S(C)(=O)=O)c1)C(=O)O)CN(C(=O)c1cccc(O)c1)CC2. The van der Waals surface area contributed by atoms with Crippen LogP contribution in [0.1, 0.15) is 43.0 Å². The van der Waals surface area contributed by atoms with Crippen molar-refractivity contribution in [3.05, 3.63) is 93.0 Å². The van der Waals surface area contributed by atoms with Crippen molar-refractivity contribution in [1.82, 2.24) is 10.2 Å². The summed E-state index contributed by atoms with van der Waals surface area (Å²) in [6.07, 6.45) is 1.40. The van der Waals surface area contributed by atoms with E-state index in [2.05, 4.69) is 5.32 Å². The van der Waals surface area contributed by atoms with Gasteiger partial charge in [-0.2, -0.15) is 0 Å². The molecule has 0 unspecified atom stereocenters. The van der Waals surface area contributed by atoms with E-state index in [0.29, 0.717) is 29.7 Å². The Labute approximate surface area is 231 Å². The summed E-state index contributed by atoms with van der Waals surface area (Å²) in [6, 6.07) is 12.3. The molecule has 1 heterocycles. The number of halogens is 1. The second kappa shape index (κ2) is 11.1. The van der Waals surface area contributed by atoms with Crippen molar-refractivity contribution in [2.75, 3.05) is 12.8 Å². The van der Waals surface area contributed by atoms with Gasteiger partial charge in [0.15, 0.2) is 9.84 Å². The van der Waals surface area contributed by atoms with E-state index in [4.69, 9.17) is 11.6 Å². The van der Waals surface area contributed by atoms with Crippen LogP contribution in [0.2, 0.25) is 5.02 Å². The molecular formula is C28H27ClN2O7S. The highest BCUT2D eigenvalue weighted by Crippen LogP contribution is 2.31. The van der Waals surface area contributed by atoms with Gasteiger partial charge in [-0.3, -0.25) is 9.59 Å². The zero-order valence-corrected chi connectivity index (χ0v) is 22.8. The maximum absolute atomic E-state index is 13.2. The molecule has 9 nitrogen and oxygen atoms in total. The van der Waals surface area contributed by atoms with Crippen LogP contribution in [0.5, 0.6) is 5.75 Å². The van der Waals surface area contributed by atoms with Gasteiger partial charge in [-0.1, -0.05) is 29.8 Å². The number of benzene rings is 3. The first-order valence-electron chi connectivity index (χ1n) is 12.1. The van der Waals surface area contributed by atoms with E-state index in [-0.39, 0.29) is 40.1 Å². The maximum atomic E-state index is 13.2. The Morgan fingerprint density at radius 3 is 2.49 bits per heavy atom. The van der Waals surface area contributed by atoms with Gasteiger partial charge >= 0.3 is 5.97 Å². The Balaban J connectivity index is 1.55. The number of amides is 2. The summed E-state index contributed by atoms with van der Waals surface area (Å²) in [5.41, 5.74) is 3.19. The average molecular weight is 571 g/mol. The van der Waals surface area contributed by atoms with E-state index in [9.17, 15) is 33.0 Å². The lowest BCUT2D eigenvalue weighted by atomic mass is 9.90. The van der Waals surface area contributed by atoms with E-state index in [1.54, 1.807) is 36.1 Å². The van der Waals surface area contributed by atoms with Crippen LogP contribution in [0.25, 0.3) is 0 Å². The molecule has 39 heavy (non-hydrogen) atoms. The van der Waals surface area contributed by atoms with Crippen LogP contribution < -0.4 is 5.32 Å². The standard InChI is InChI=1S/C28H27ClN2O7S/c1-16-22-9-10-31(27(34)18-6-4-7-20(32)13-18)15-19(22)14-23(29)25(16)26(33)30-24(28(35)36)12-17-5-3-8-21(11-17)39(2,37)38/h3-8,11,13-14,24,32H,9-10,12,15H2,1-2H3,(H,30,33)(H,35,36)/t24-/m0/s1. The van der Waals surface area contributed by atoms with Gasteiger partial charge < -0.3 is 20.4 Å². The molecule has 1 aliphatic rings. The fourth-order valence-corrected chi connectivity index (χ4v) is 5.80. The summed E-state index contributed by atoms with van der Waals surface area (Å²) >= 11 is 6.51. The molecule has 0 saturated heterocycles. The van der Waals surface area contributed by atoms with Gasteiger partial charge in [0.25, 0.3) is 11.8 Å². The summed E-state index contributed by atoms with van der Waals surface area (Å²) in [5, 5.41) is 22.1. The van der Waals surface area contributed by atoms with Gasteiger partial charge in [-0.15, -0.1) is 0 Å². The molecule has 4 rings (SSSR count). The lowest BCUT2D eigenvalue weighted by Crippen LogP contribution is -2.43. The number of rotatable bonds is 7. The molecule has 0 bridgehead atoms. The van der Waals surface area contributed by atoms with Crippen LogP contribution in [0.3, 0.4) is 0 Å². The molecule has 0 radical (unpaired) electrons. The fraction of sp³-hybridized carbons (Fsp3) is 0.250. The van der Waals surface area contributed by atoms with Gasteiger partial charge in [0.1, 0.15) is 11.8 Å². The Hall–Kier alpha value is -3.89. The molecule has 2 amide bonds. The molecule has 0 spiro atoms. The van der Waals surface area contributed by atoms with Crippen molar-refractivity contribution < 1.29 is 33.0 Å².